The molecule has 3 aromatic rings. The van der Waals surface area contributed by atoms with E-state index in [9.17, 15) is 19.1 Å². The largest absolute Gasteiger partial charge is 0.507 e. The Bertz CT molecular complexity index is 1240. The van der Waals surface area contributed by atoms with Crippen molar-refractivity contribution in [3.05, 3.63) is 99.3 Å². The van der Waals surface area contributed by atoms with Crippen LogP contribution in [0.3, 0.4) is 0 Å². The lowest BCUT2D eigenvalue weighted by Crippen LogP contribution is -2.29. The van der Waals surface area contributed by atoms with Crippen LogP contribution in [0.5, 0.6) is 5.75 Å². The second-order valence-electron chi connectivity index (χ2n) is 7.00. The monoisotopic (exact) mass is 471 g/mol. The van der Waals surface area contributed by atoms with Gasteiger partial charge in [0.05, 0.1) is 28.8 Å². The molecule has 5 nitrogen and oxygen atoms in total. The molecule has 1 atom stereocenters. The number of para-hydroxylation sites is 1. The summed E-state index contributed by atoms with van der Waals surface area (Å²) >= 11 is 12.4. The fourth-order valence-electron chi connectivity index (χ4n) is 3.73. The highest BCUT2D eigenvalue weighted by molar-refractivity contribution is 6.51. The Morgan fingerprint density at radius 2 is 1.59 bits per heavy atom. The number of ether oxygens (including phenoxy) is 1. The topological polar surface area (TPSA) is 66.8 Å². The number of ketones is 1. The van der Waals surface area contributed by atoms with E-state index in [0.717, 1.165) is 0 Å². The Labute approximate surface area is 193 Å². The Kier molecular flexibility index (Phi) is 5.91. The highest BCUT2D eigenvalue weighted by Crippen LogP contribution is 2.44. The van der Waals surface area contributed by atoms with Crippen molar-refractivity contribution in [2.75, 3.05) is 12.0 Å². The molecule has 3 aromatic carbocycles. The summed E-state index contributed by atoms with van der Waals surface area (Å²) in [5, 5.41) is 11.3. The molecule has 32 heavy (non-hydrogen) atoms. The van der Waals surface area contributed by atoms with Crippen molar-refractivity contribution in [1.29, 1.82) is 0 Å². The van der Waals surface area contributed by atoms with Gasteiger partial charge in [-0.15, -0.1) is 0 Å². The van der Waals surface area contributed by atoms with Gasteiger partial charge in [0, 0.05) is 16.8 Å². The zero-order valence-electron chi connectivity index (χ0n) is 16.7. The number of amides is 1. The van der Waals surface area contributed by atoms with Gasteiger partial charge in [0.15, 0.2) is 5.75 Å². The van der Waals surface area contributed by atoms with E-state index in [4.69, 9.17) is 27.9 Å². The average molecular weight is 472 g/mol. The van der Waals surface area contributed by atoms with Gasteiger partial charge in [-0.05, 0) is 30.3 Å². The number of hydrogen-bond donors (Lipinski definition) is 1. The molecule has 0 aromatic heterocycles. The van der Waals surface area contributed by atoms with Crippen molar-refractivity contribution in [3.8, 4) is 5.75 Å². The third-order valence-corrected chi connectivity index (χ3v) is 5.72. The molecular weight excluding hydrogens is 456 g/mol. The van der Waals surface area contributed by atoms with Crippen molar-refractivity contribution >= 4 is 46.3 Å². The van der Waals surface area contributed by atoms with Crippen LogP contribution in [0.4, 0.5) is 10.1 Å². The van der Waals surface area contributed by atoms with Gasteiger partial charge >= 0.3 is 0 Å². The summed E-state index contributed by atoms with van der Waals surface area (Å²) in [6.07, 6.45) is 0. The molecule has 1 unspecified atom stereocenters. The van der Waals surface area contributed by atoms with Gasteiger partial charge < -0.3 is 9.84 Å². The quantitative estimate of drug-likeness (QED) is 0.298. The maximum atomic E-state index is 14.8. The Hall–Kier alpha value is -3.35. The van der Waals surface area contributed by atoms with E-state index < -0.39 is 29.3 Å². The lowest BCUT2D eigenvalue weighted by molar-refractivity contribution is -0.132. The zero-order chi connectivity index (χ0) is 23.0. The summed E-state index contributed by atoms with van der Waals surface area (Å²) in [6, 6.07) is 15.7. The summed E-state index contributed by atoms with van der Waals surface area (Å²) < 4.78 is 20.0. The van der Waals surface area contributed by atoms with Crippen LogP contribution in [-0.2, 0) is 9.59 Å². The maximum absolute atomic E-state index is 14.8. The Balaban J connectivity index is 1.98. The number of nitrogens with zero attached hydrogens (tertiary/aromatic N) is 1. The molecule has 1 amide bonds. The van der Waals surface area contributed by atoms with E-state index in [0.29, 0.717) is 5.69 Å². The van der Waals surface area contributed by atoms with E-state index in [1.807, 2.05) is 0 Å². The smallest absolute Gasteiger partial charge is 0.300 e. The molecule has 4 rings (SSSR count). The minimum atomic E-state index is -1.20. The standard InChI is InChI=1S/C24H16Cl2FNO4/c1-32-23-16(25)11-13(12-17(23)26)21(29)19-20(15-9-5-6-10-18(15)27)28(24(31)22(19)30)14-7-3-2-4-8-14/h2-12,20,29H,1H3/b21-19+. The van der Waals surface area contributed by atoms with Crippen molar-refractivity contribution < 1.29 is 23.8 Å². The number of methoxy groups -OCH3 is 1. The number of rotatable bonds is 4. The molecule has 0 spiro atoms. The number of aliphatic hydroxyl groups is 1. The van der Waals surface area contributed by atoms with Crippen molar-refractivity contribution in [2.45, 2.75) is 6.04 Å². The first-order valence-electron chi connectivity index (χ1n) is 9.49. The minimum absolute atomic E-state index is 0.0582. The number of anilines is 1. The first kappa shape index (κ1) is 21.9. The van der Waals surface area contributed by atoms with Crippen LogP contribution < -0.4 is 9.64 Å². The van der Waals surface area contributed by atoms with Crippen LogP contribution in [-0.4, -0.2) is 23.9 Å². The Morgan fingerprint density at radius 1 is 1.00 bits per heavy atom. The maximum Gasteiger partial charge on any atom is 0.300 e. The van der Waals surface area contributed by atoms with Crippen LogP contribution >= 0.6 is 23.2 Å². The minimum Gasteiger partial charge on any atom is -0.507 e. The zero-order valence-corrected chi connectivity index (χ0v) is 18.2. The number of carbonyl (C=O) groups is 2. The molecule has 1 fully saturated rings. The molecule has 1 aliphatic rings. The molecule has 1 aliphatic heterocycles. The molecule has 0 radical (unpaired) electrons. The molecule has 1 N–H and O–H groups in total. The van der Waals surface area contributed by atoms with Gasteiger partial charge in [0.1, 0.15) is 11.6 Å². The van der Waals surface area contributed by atoms with E-state index in [2.05, 4.69) is 0 Å². The van der Waals surface area contributed by atoms with Crippen molar-refractivity contribution in [2.24, 2.45) is 0 Å². The van der Waals surface area contributed by atoms with Crippen LogP contribution in [0.15, 0.2) is 72.3 Å². The van der Waals surface area contributed by atoms with E-state index in [1.165, 1.54) is 42.3 Å². The average Bonchev–Trinajstić information content (AvgIpc) is 3.04. The number of hydrogen-bond acceptors (Lipinski definition) is 4. The molecule has 8 heteroatoms. The van der Waals surface area contributed by atoms with E-state index in [1.54, 1.807) is 36.4 Å². The summed E-state index contributed by atoms with van der Waals surface area (Å²) in [4.78, 5) is 27.3. The highest BCUT2D eigenvalue weighted by atomic mass is 35.5. The van der Waals surface area contributed by atoms with Crippen molar-refractivity contribution in [1.82, 2.24) is 0 Å². The SMILES string of the molecule is COc1c(Cl)cc(/C(O)=C2\C(=O)C(=O)N(c3ccccc3)C2c2ccccc2F)cc1Cl. The van der Waals surface area contributed by atoms with Gasteiger partial charge in [-0.3, -0.25) is 14.5 Å². The van der Waals surface area contributed by atoms with Gasteiger partial charge in [-0.25, -0.2) is 4.39 Å². The first-order valence-corrected chi connectivity index (χ1v) is 10.2. The number of halogens is 3. The molecule has 1 heterocycles. The van der Waals surface area contributed by atoms with Crippen LogP contribution in [0.2, 0.25) is 10.0 Å². The third kappa shape index (κ3) is 3.61. The van der Waals surface area contributed by atoms with Crippen LogP contribution in [0.25, 0.3) is 5.76 Å². The van der Waals surface area contributed by atoms with Gasteiger partial charge in [-0.1, -0.05) is 59.6 Å². The molecule has 0 aliphatic carbocycles. The van der Waals surface area contributed by atoms with E-state index in [-0.39, 0.29) is 32.5 Å². The lowest BCUT2D eigenvalue weighted by Gasteiger charge is -2.25. The van der Waals surface area contributed by atoms with Gasteiger partial charge in [0.25, 0.3) is 11.7 Å². The lowest BCUT2D eigenvalue weighted by atomic mass is 9.94. The summed E-state index contributed by atoms with van der Waals surface area (Å²) in [6.45, 7) is 0. The van der Waals surface area contributed by atoms with E-state index >= 15 is 0 Å². The third-order valence-electron chi connectivity index (χ3n) is 5.15. The number of carbonyl (C=O) groups excluding carboxylic acids is 2. The predicted molar refractivity (Wildman–Crippen MR) is 121 cm³/mol. The summed E-state index contributed by atoms with van der Waals surface area (Å²) in [5.74, 6) is -2.81. The Morgan fingerprint density at radius 3 is 2.19 bits per heavy atom. The van der Waals surface area contributed by atoms with Crippen molar-refractivity contribution in [3.63, 3.8) is 0 Å². The predicted octanol–water partition coefficient (Wildman–Crippen LogP) is 5.77. The molecule has 0 bridgehead atoms. The number of Topliss-reactive ketones (excluding diaryl/α,β-unsaturated/α-hetero) is 1. The fraction of sp³-hybridized carbons (Fsp3) is 0.0833. The number of aliphatic hydroxyl groups excluding tert-OH is 1. The fourth-order valence-corrected chi connectivity index (χ4v) is 4.37. The second kappa shape index (κ2) is 8.65. The van der Waals surface area contributed by atoms with Crippen LogP contribution in [0.1, 0.15) is 17.2 Å². The second-order valence-corrected chi connectivity index (χ2v) is 7.81. The summed E-state index contributed by atoms with van der Waals surface area (Å²) in [7, 11) is 1.39. The molecule has 0 saturated carbocycles. The molecule has 162 valence electrons. The molecule has 1 saturated heterocycles. The van der Waals surface area contributed by atoms with Gasteiger partial charge in [0.2, 0.25) is 0 Å². The molecular formula is C24H16Cl2FNO4. The first-order chi connectivity index (χ1) is 15.3. The number of benzene rings is 3. The summed E-state index contributed by atoms with van der Waals surface area (Å²) in [5.41, 5.74) is 0.255. The van der Waals surface area contributed by atoms with Crippen LogP contribution in [0, 0.1) is 5.82 Å². The highest BCUT2D eigenvalue weighted by Gasteiger charge is 2.47. The normalized spacial score (nSPS) is 17.6. The van der Waals surface area contributed by atoms with Gasteiger partial charge in [-0.2, -0.15) is 0 Å².